The maximum absolute atomic E-state index is 14.4. The number of carbonyl (C=O) groups excluding carboxylic acids is 5. The Bertz CT molecular complexity index is 1240. The monoisotopic (exact) mass is 694 g/mol. The lowest BCUT2D eigenvalue weighted by molar-refractivity contribution is -0.143. The van der Waals surface area contributed by atoms with Crippen molar-refractivity contribution in [2.24, 2.45) is 23.2 Å². The molecule has 0 aromatic carbocycles. The van der Waals surface area contributed by atoms with Gasteiger partial charge in [0.1, 0.15) is 12.1 Å². The number of likely N-dealkylation sites (tertiary alicyclic amines) is 1. The summed E-state index contributed by atoms with van der Waals surface area (Å²) in [5.74, 6) is -2.06. The average molecular weight is 695 g/mol. The van der Waals surface area contributed by atoms with Gasteiger partial charge in [-0.2, -0.15) is 0 Å². The first-order chi connectivity index (χ1) is 22.3. The summed E-state index contributed by atoms with van der Waals surface area (Å²) in [5.41, 5.74) is 0.295. The SMILES string of the molecule is C=CCNC(=O)C(=O)C(CC1CC1)NC(=O)[C@@H]1CC(C=C(C)C)CN1C(=O)[C@@H](NC(=O)N[C@H](CN1CCCS1(O)O)C(C)C)C(C)(C)C. The van der Waals surface area contributed by atoms with Crippen LogP contribution in [0.1, 0.15) is 80.6 Å². The highest BCUT2D eigenvalue weighted by molar-refractivity contribution is 8.22. The molecule has 48 heavy (non-hydrogen) atoms. The number of amides is 5. The van der Waals surface area contributed by atoms with Crippen molar-refractivity contribution >= 4 is 40.3 Å². The third-order valence-corrected chi connectivity index (χ3v) is 11.2. The maximum Gasteiger partial charge on any atom is 0.315 e. The summed E-state index contributed by atoms with van der Waals surface area (Å²) >= 11 is 0. The minimum absolute atomic E-state index is 0.0306. The zero-order chi connectivity index (χ0) is 36.0. The van der Waals surface area contributed by atoms with E-state index in [-0.39, 0.29) is 37.4 Å². The predicted octanol–water partition coefficient (Wildman–Crippen LogP) is 3.44. The van der Waals surface area contributed by atoms with Crippen LogP contribution in [0.15, 0.2) is 24.3 Å². The van der Waals surface area contributed by atoms with E-state index in [2.05, 4.69) is 27.8 Å². The second kappa shape index (κ2) is 16.6. The molecule has 0 bridgehead atoms. The Morgan fingerprint density at radius 1 is 1.04 bits per heavy atom. The third kappa shape index (κ3) is 11.0. The Morgan fingerprint density at radius 2 is 1.71 bits per heavy atom. The van der Waals surface area contributed by atoms with Crippen molar-refractivity contribution in [3.05, 3.63) is 24.3 Å². The average Bonchev–Trinajstić information content (AvgIpc) is 3.61. The lowest BCUT2D eigenvalue weighted by Gasteiger charge is -2.40. The zero-order valence-corrected chi connectivity index (χ0v) is 30.5. The van der Waals surface area contributed by atoms with Crippen LogP contribution in [0.25, 0.3) is 0 Å². The Kier molecular flexibility index (Phi) is 13.7. The van der Waals surface area contributed by atoms with Gasteiger partial charge in [-0.15, -0.1) is 17.4 Å². The Labute approximate surface area is 287 Å². The highest BCUT2D eigenvalue weighted by Crippen LogP contribution is 2.48. The van der Waals surface area contributed by atoms with Crippen molar-refractivity contribution in [2.75, 3.05) is 31.9 Å². The Balaban J connectivity index is 1.81. The van der Waals surface area contributed by atoms with Crippen LogP contribution in [-0.2, 0) is 19.2 Å². The molecule has 0 radical (unpaired) electrons. The molecule has 3 aliphatic rings. The maximum atomic E-state index is 14.4. The van der Waals surface area contributed by atoms with Gasteiger partial charge in [0.15, 0.2) is 0 Å². The van der Waals surface area contributed by atoms with Gasteiger partial charge < -0.3 is 26.2 Å². The van der Waals surface area contributed by atoms with Gasteiger partial charge in [-0.05, 0) is 56.3 Å². The predicted molar refractivity (Wildman–Crippen MR) is 188 cm³/mol. The number of Topliss-reactive ketones (excluding diaryl/α,β-unsaturated/α-hetero) is 1. The Morgan fingerprint density at radius 3 is 2.23 bits per heavy atom. The molecule has 1 aliphatic carbocycles. The molecule has 3 fully saturated rings. The second-order valence-corrected chi connectivity index (χ2v) is 17.4. The number of hydrogen-bond donors (Lipinski definition) is 6. The molecular formula is C34H58N6O7S. The second-order valence-electron chi connectivity index (χ2n) is 15.2. The highest BCUT2D eigenvalue weighted by Gasteiger charge is 2.46. The van der Waals surface area contributed by atoms with Crippen LogP contribution >= 0.6 is 10.8 Å². The fraction of sp³-hybridized carbons (Fsp3) is 0.735. The summed E-state index contributed by atoms with van der Waals surface area (Å²) in [6.45, 7) is 18.0. The number of ketones is 1. The zero-order valence-electron chi connectivity index (χ0n) is 29.7. The largest absolute Gasteiger partial charge is 0.346 e. The molecule has 6 N–H and O–H groups in total. The lowest BCUT2D eigenvalue weighted by Crippen LogP contribution is -2.61. The summed E-state index contributed by atoms with van der Waals surface area (Å²) in [4.78, 5) is 68.9. The molecule has 1 saturated carbocycles. The first-order valence-corrected chi connectivity index (χ1v) is 18.8. The standard InChI is InChI=1S/C34H58N6O7S/c1-9-13-35-31(43)28(41)25(17-23-11-12-23)36-30(42)27-18-24(16-21(2)3)19-40(27)32(44)29(34(6,7)8)38-33(45)37-26(22(4)5)20-39-14-10-15-48(39,46)47/h9,16,22-27,29,46-47H,1,10-15,17-20H2,2-8H3,(H,35,43)(H,36,42)(H2,37,38,45)/t24?,25?,26-,27+,29-/m1/s1. The van der Waals surface area contributed by atoms with Gasteiger partial charge in [-0.25, -0.2) is 9.10 Å². The number of allylic oxidation sites excluding steroid dienone is 1. The molecule has 2 unspecified atom stereocenters. The lowest BCUT2D eigenvalue weighted by atomic mass is 9.85. The van der Waals surface area contributed by atoms with E-state index < -0.39 is 69.9 Å². The van der Waals surface area contributed by atoms with Gasteiger partial charge in [0, 0.05) is 32.2 Å². The molecule has 272 valence electrons. The van der Waals surface area contributed by atoms with E-state index in [0.717, 1.165) is 18.4 Å². The van der Waals surface area contributed by atoms with E-state index in [9.17, 15) is 33.1 Å². The van der Waals surface area contributed by atoms with E-state index >= 15 is 0 Å². The number of nitrogens with zero attached hydrogens (tertiary/aromatic N) is 2. The summed E-state index contributed by atoms with van der Waals surface area (Å²) in [6, 6.07) is -3.92. The number of carbonyl (C=O) groups is 5. The van der Waals surface area contributed by atoms with Crippen molar-refractivity contribution in [1.29, 1.82) is 0 Å². The minimum atomic E-state index is -2.87. The topological polar surface area (TPSA) is 180 Å². The van der Waals surface area contributed by atoms with Crippen LogP contribution in [0.3, 0.4) is 0 Å². The van der Waals surface area contributed by atoms with E-state index in [1.165, 1.54) is 11.0 Å². The van der Waals surface area contributed by atoms with Gasteiger partial charge in [-0.1, -0.05) is 65.2 Å². The molecule has 0 aromatic rings. The first-order valence-electron chi connectivity index (χ1n) is 17.1. The van der Waals surface area contributed by atoms with E-state index in [0.29, 0.717) is 31.6 Å². The van der Waals surface area contributed by atoms with Crippen LogP contribution in [0.4, 0.5) is 4.79 Å². The quantitative estimate of drug-likeness (QED) is 0.111. The van der Waals surface area contributed by atoms with E-state index in [1.807, 2.05) is 54.5 Å². The van der Waals surface area contributed by atoms with Gasteiger partial charge >= 0.3 is 6.03 Å². The van der Waals surface area contributed by atoms with Gasteiger partial charge in [-0.3, -0.25) is 28.3 Å². The van der Waals surface area contributed by atoms with Gasteiger partial charge in [0.25, 0.3) is 5.91 Å². The van der Waals surface area contributed by atoms with E-state index in [4.69, 9.17) is 0 Å². The smallest absolute Gasteiger partial charge is 0.315 e. The fourth-order valence-corrected chi connectivity index (χ4v) is 7.86. The molecule has 5 atom stereocenters. The molecule has 2 heterocycles. The molecule has 14 heteroatoms. The number of rotatable bonds is 15. The highest BCUT2D eigenvalue weighted by atomic mass is 32.3. The fourth-order valence-electron chi connectivity index (χ4n) is 6.27. The van der Waals surface area contributed by atoms with Gasteiger partial charge in [0.2, 0.25) is 17.6 Å². The molecule has 2 saturated heterocycles. The van der Waals surface area contributed by atoms with Crippen molar-refractivity contribution in [1.82, 2.24) is 30.5 Å². The summed E-state index contributed by atoms with van der Waals surface area (Å²) < 4.78 is 22.4. The molecular weight excluding hydrogens is 636 g/mol. The van der Waals surface area contributed by atoms with Crippen molar-refractivity contribution in [3.63, 3.8) is 0 Å². The van der Waals surface area contributed by atoms with Crippen molar-refractivity contribution < 1.29 is 33.1 Å². The van der Waals surface area contributed by atoms with Crippen LogP contribution in [0.5, 0.6) is 0 Å². The molecule has 3 rings (SSSR count). The minimum Gasteiger partial charge on any atom is -0.346 e. The Hall–Kier alpha value is -2.94. The first kappa shape index (κ1) is 39.5. The number of nitrogens with one attached hydrogen (secondary N) is 4. The molecule has 0 aromatic heterocycles. The summed E-state index contributed by atoms with van der Waals surface area (Å²) in [6.07, 6.45) is 6.67. The van der Waals surface area contributed by atoms with Crippen LogP contribution in [0.2, 0.25) is 0 Å². The van der Waals surface area contributed by atoms with Crippen LogP contribution in [-0.4, -0.2) is 104 Å². The summed E-state index contributed by atoms with van der Waals surface area (Å²) in [7, 11) is -2.87. The van der Waals surface area contributed by atoms with E-state index in [1.54, 1.807) is 4.31 Å². The molecule has 0 spiro atoms. The van der Waals surface area contributed by atoms with Crippen LogP contribution in [0, 0.1) is 23.2 Å². The van der Waals surface area contributed by atoms with Crippen molar-refractivity contribution in [2.45, 2.75) is 105 Å². The van der Waals surface area contributed by atoms with Gasteiger partial charge in [0.05, 0.1) is 11.8 Å². The normalized spacial score (nSPS) is 23.4. The molecule has 5 amide bonds. The van der Waals surface area contributed by atoms with Crippen molar-refractivity contribution in [3.8, 4) is 0 Å². The molecule has 2 aliphatic heterocycles. The number of urea groups is 1. The summed E-state index contributed by atoms with van der Waals surface area (Å²) in [5, 5.41) is 11.1. The van der Waals surface area contributed by atoms with Crippen LogP contribution < -0.4 is 21.3 Å². The molecule has 13 nitrogen and oxygen atoms in total. The number of hydrogen-bond acceptors (Lipinski definition) is 8. The third-order valence-electron chi connectivity index (χ3n) is 9.17.